The average molecular weight is 448 g/mol. The lowest BCUT2D eigenvalue weighted by atomic mass is 10.2. The summed E-state index contributed by atoms with van der Waals surface area (Å²) in [4.78, 5) is 9.83. The Morgan fingerprint density at radius 1 is 1.13 bits per heavy atom. The van der Waals surface area contributed by atoms with E-state index in [1.165, 1.54) is 5.00 Å². The molecule has 2 N–H and O–H groups in total. The second kappa shape index (κ2) is 9.36. The molecule has 0 bridgehead atoms. The van der Waals surface area contributed by atoms with Crippen LogP contribution in [0.25, 0.3) is 0 Å². The van der Waals surface area contributed by atoms with Crippen molar-refractivity contribution in [1.29, 1.82) is 0 Å². The summed E-state index contributed by atoms with van der Waals surface area (Å²) in [6.45, 7) is 7.21. The van der Waals surface area contributed by atoms with Crippen LogP contribution in [-0.4, -0.2) is 58.0 Å². The highest BCUT2D eigenvalue weighted by molar-refractivity contribution is 7.89. The van der Waals surface area contributed by atoms with Gasteiger partial charge in [-0.1, -0.05) is 12.1 Å². The Bertz CT molecular complexity index is 946. The van der Waals surface area contributed by atoms with Gasteiger partial charge in [-0.15, -0.1) is 11.3 Å². The minimum Gasteiger partial charge on any atom is -0.360 e. The monoisotopic (exact) mass is 447 g/mol. The minimum atomic E-state index is -3.40. The molecule has 0 radical (unpaired) electrons. The smallest absolute Gasteiger partial charge is 0.240 e. The Morgan fingerprint density at radius 2 is 1.87 bits per heavy atom. The van der Waals surface area contributed by atoms with E-state index in [1.807, 2.05) is 12.1 Å². The van der Waals surface area contributed by atoms with Gasteiger partial charge in [0.1, 0.15) is 0 Å². The zero-order valence-electron chi connectivity index (χ0n) is 17.3. The lowest BCUT2D eigenvalue weighted by molar-refractivity contribution is 0.373. The van der Waals surface area contributed by atoms with Crippen molar-refractivity contribution in [2.75, 3.05) is 37.6 Å². The second-order valence-electron chi connectivity index (χ2n) is 7.64. The molecule has 30 heavy (non-hydrogen) atoms. The summed E-state index contributed by atoms with van der Waals surface area (Å²) in [5, 5.41) is 6.83. The van der Waals surface area contributed by atoms with Crippen molar-refractivity contribution >= 4 is 32.3 Å². The van der Waals surface area contributed by atoms with Gasteiger partial charge >= 0.3 is 0 Å². The molecule has 0 unspecified atom stereocenters. The number of nitrogens with zero attached hydrogens (tertiary/aromatic N) is 3. The third-order valence-electron chi connectivity index (χ3n) is 5.28. The van der Waals surface area contributed by atoms with Gasteiger partial charge in [0.2, 0.25) is 10.0 Å². The van der Waals surface area contributed by atoms with E-state index >= 15 is 0 Å². The molecule has 2 heterocycles. The summed E-state index contributed by atoms with van der Waals surface area (Å²) >= 11 is 1.78. The van der Waals surface area contributed by atoms with Crippen molar-refractivity contribution in [2.24, 2.45) is 4.99 Å². The number of nitrogens with one attached hydrogen (secondary N) is 2. The molecule has 4 rings (SSSR count). The molecule has 0 amide bonds. The highest BCUT2D eigenvalue weighted by Gasteiger charge is 2.27. The Hall–Kier alpha value is -2.10. The number of hydrogen-bond acceptors (Lipinski definition) is 5. The lowest BCUT2D eigenvalue weighted by Crippen LogP contribution is -2.52. The van der Waals surface area contributed by atoms with Crippen LogP contribution in [-0.2, 0) is 16.6 Å². The SMILES string of the molecule is CCNC(=NCc1ccc(S(=O)(=O)NC2CC2)cc1)N1CCN(c2cccs2)CC1. The van der Waals surface area contributed by atoms with E-state index in [4.69, 9.17) is 4.99 Å². The molecule has 2 aliphatic rings. The number of guanidine groups is 1. The van der Waals surface area contributed by atoms with Crippen LogP contribution in [0.5, 0.6) is 0 Å². The largest absolute Gasteiger partial charge is 0.360 e. The predicted molar refractivity (Wildman–Crippen MR) is 123 cm³/mol. The highest BCUT2D eigenvalue weighted by Crippen LogP contribution is 2.23. The molecular formula is C21H29N5O2S2. The summed E-state index contributed by atoms with van der Waals surface area (Å²) in [7, 11) is -3.40. The van der Waals surface area contributed by atoms with Gasteiger partial charge in [-0.3, -0.25) is 0 Å². The number of thiophene rings is 1. The summed E-state index contributed by atoms with van der Waals surface area (Å²) in [6, 6.07) is 11.4. The van der Waals surface area contributed by atoms with Crippen LogP contribution >= 0.6 is 11.3 Å². The molecule has 2 fully saturated rings. The van der Waals surface area contributed by atoms with E-state index in [9.17, 15) is 8.42 Å². The fraction of sp³-hybridized carbons (Fsp3) is 0.476. The van der Waals surface area contributed by atoms with Crippen molar-refractivity contribution in [3.8, 4) is 0 Å². The fourth-order valence-electron chi connectivity index (χ4n) is 3.44. The average Bonchev–Trinajstić information content (AvgIpc) is 3.38. The topological polar surface area (TPSA) is 77.0 Å². The molecule has 1 aromatic heterocycles. The number of aliphatic imine (C=N–C) groups is 1. The number of rotatable bonds is 7. The first-order valence-corrected chi connectivity index (χ1v) is 12.8. The van der Waals surface area contributed by atoms with Gasteiger partial charge in [0.25, 0.3) is 0 Å². The van der Waals surface area contributed by atoms with Gasteiger partial charge in [0, 0.05) is 38.8 Å². The van der Waals surface area contributed by atoms with Crippen LogP contribution in [0.15, 0.2) is 51.7 Å². The zero-order valence-corrected chi connectivity index (χ0v) is 18.9. The van der Waals surface area contributed by atoms with E-state index in [0.717, 1.165) is 57.1 Å². The highest BCUT2D eigenvalue weighted by atomic mass is 32.2. The first-order valence-electron chi connectivity index (χ1n) is 10.5. The summed E-state index contributed by atoms with van der Waals surface area (Å²) < 4.78 is 27.3. The van der Waals surface area contributed by atoms with Crippen LogP contribution in [0.4, 0.5) is 5.00 Å². The zero-order chi connectivity index (χ0) is 21.0. The second-order valence-corrected chi connectivity index (χ2v) is 10.3. The maximum absolute atomic E-state index is 12.3. The molecule has 1 aromatic carbocycles. The third kappa shape index (κ3) is 5.33. The van der Waals surface area contributed by atoms with Gasteiger partial charge in [-0.2, -0.15) is 0 Å². The van der Waals surface area contributed by atoms with Crippen LogP contribution in [0.2, 0.25) is 0 Å². The number of benzene rings is 1. The Labute approximate surface area is 182 Å². The molecule has 1 aliphatic heterocycles. The van der Waals surface area contributed by atoms with Gasteiger partial charge in [-0.05, 0) is 55.0 Å². The van der Waals surface area contributed by atoms with Crippen LogP contribution in [0.1, 0.15) is 25.3 Å². The molecular weight excluding hydrogens is 418 g/mol. The van der Waals surface area contributed by atoms with E-state index in [2.05, 4.69) is 44.3 Å². The minimum absolute atomic E-state index is 0.113. The summed E-state index contributed by atoms with van der Waals surface area (Å²) in [5.74, 6) is 0.912. The molecule has 1 aliphatic carbocycles. The van der Waals surface area contributed by atoms with Crippen molar-refractivity contribution < 1.29 is 8.42 Å². The maximum Gasteiger partial charge on any atom is 0.240 e. The molecule has 1 saturated heterocycles. The molecule has 0 spiro atoms. The van der Waals surface area contributed by atoms with Crippen LogP contribution < -0.4 is 14.9 Å². The van der Waals surface area contributed by atoms with Crippen molar-refractivity contribution in [3.63, 3.8) is 0 Å². The molecule has 162 valence electrons. The molecule has 9 heteroatoms. The van der Waals surface area contributed by atoms with E-state index in [1.54, 1.807) is 23.5 Å². The van der Waals surface area contributed by atoms with E-state index < -0.39 is 10.0 Å². The van der Waals surface area contributed by atoms with Gasteiger partial charge in [0.15, 0.2) is 5.96 Å². The molecule has 2 aromatic rings. The van der Waals surface area contributed by atoms with E-state index in [0.29, 0.717) is 11.4 Å². The summed E-state index contributed by atoms with van der Waals surface area (Å²) in [6.07, 6.45) is 1.86. The first kappa shape index (κ1) is 21.1. The van der Waals surface area contributed by atoms with E-state index in [-0.39, 0.29) is 6.04 Å². The number of sulfonamides is 1. The van der Waals surface area contributed by atoms with Gasteiger partial charge in [-0.25, -0.2) is 18.1 Å². The number of anilines is 1. The molecule has 1 saturated carbocycles. The van der Waals surface area contributed by atoms with Crippen molar-refractivity contribution in [3.05, 3.63) is 47.3 Å². The van der Waals surface area contributed by atoms with Gasteiger partial charge < -0.3 is 15.1 Å². The number of hydrogen-bond donors (Lipinski definition) is 2. The van der Waals surface area contributed by atoms with Crippen molar-refractivity contribution in [1.82, 2.24) is 14.9 Å². The fourth-order valence-corrected chi connectivity index (χ4v) is 5.53. The molecule has 7 nitrogen and oxygen atoms in total. The number of piperazine rings is 1. The normalized spacial score (nSPS) is 18.0. The van der Waals surface area contributed by atoms with Crippen molar-refractivity contribution in [2.45, 2.75) is 37.2 Å². The summed E-state index contributed by atoms with van der Waals surface area (Å²) in [5.41, 5.74) is 0.994. The Morgan fingerprint density at radius 3 is 2.47 bits per heavy atom. The quantitative estimate of drug-likeness (QED) is 0.504. The molecule has 0 atom stereocenters. The maximum atomic E-state index is 12.3. The Balaban J connectivity index is 1.37. The standard InChI is InChI=1S/C21H29N5O2S2/c1-2-22-21(26-13-11-25(12-14-26)20-4-3-15-29-20)23-16-17-5-9-19(10-6-17)30(27,28)24-18-7-8-18/h3-6,9-10,15,18,24H,2,7-8,11-14,16H2,1H3,(H,22,23). The lowest BCUT2D eigenvalue weighted by Gasteiger charge is -2.37. The predicted octanol–water partition coefficient (Wildman–Crippen LogP) is 2.48. The van der Waals surface area contributed by atoms with Crippen LogP contribution in [0.3, 0.4) is 0 Å². The van der Waals surface area contributed by atoms with Crippen LogP contribution in [0, 0.1) is 0 Å². The Kier molecular flexibility index (Phi) is 6.60. The third-order valence-corrected chi connectivity index (χ3v) is 7.74. The first-order chi connectivity index (χ1) is 14.5. The van der Waals surface area contributed by atoms with Gasteiger partial charge in [0.05, 0.1) is 16.4 Å².